The number of fused-ring (bicyclic) bond motifs is 1. The summed E-state index contributed by atoms with van der Waals surface area (Å²) in [4.78, 5) is 2.56. The van der Waals surface area contributed by atoms with Gasteiger partial charge in [0, 0.05) is 30.2 Å². The molecule has 2 N–H and O–H groups in total. The van der Waals surface area contributed by atoms with Crippen molar-refractivity contribution in [3.63, 3.8) is 0 Å². The van der Waals surface area contributed by atoms with E-state index in [0.29, 0.717) is 12.6 Å². The van der Waals surface area contributed by atoms with Crippen LogP contribution in [0.2, 0.25) is 0 Å². The van der Waals surface area contributed by atoms with Gasteiger partial charge in [-0.15, -0.1) is 0 Å². The lowest BCUT2D eigenvalue weighted by Gasteiger charge is -2.20. The molecule has 0 atom stereocenters. The van der Waals surface area contributed by atoms with Crippen LogP contribution >= 0.6 is 0 Å². The smallest absolute Gasteiger partial charge is 0.0530 e. The quantitative estimate of drug-likeness (QED) is 0.926. The average molecular weight is 271 g/mol. The molecule has 108 valence electrons. The first kappa shape index (κ1) is 13.7. The zero-order chi connectivity index (χ0) is 14.1. The second-order valence-corrected chi connectivity index (χ2v) is 6.14. The van der Waals surface area contributed by atoms with Gasteiger partial charge in [0.1, 0.15) is 0 Å². The summed E-state index contributed by atoms with van der Waals surface area (Å²) in [7, 11) is 0. The second-order valence-electron chi connectivity index (χ2n) is 6.14. The Kier molecular flexibility index (Phi) is 3.81. The molecule has 3 heteroatoms. The monoisotopic (exact) mass is 271 g/mol. The van der Waals surface area contributed by atoms with Gasteiger partial charge in [-0.1, -0.05) is 18.2 Å². The second kappa shape index (κ2) is 5.58. The Hall–Kier alpha value is -1.32. The Morgan fingerprint density at radius 1 is 1.20 bits per heavy atom. The maximum absolute atomic E-state index is 5.93. The minimum atomic E-state index is 0.470. The van der Waals surface area contributed by atoms with E-state index < -0.39 is 0 Å². The lowest BCUT2D eigenvalue weighted by atomic mass is 10.1. The molecule has 2 aromatic rings. The van der Waals surface area contributed by atoms with Crippen molar-refractivity contribution >= 4 is 10.9 Å². The Bertz CT molecular complexity index is 592. The Morgan fingerprint density at radius 2 is 1.95 bits per heavy atom. The van der Waals surface area contributed by atoms with Crippen LogP contribution in [0.1, 0.15) is 44.0 Å². The lowest BCUT2D eigenvalue weighted by Crippen LogP contribution is -2.21. The first-order valence-electron chi connectivity index (χ1n) is 7.75. The van der Waals surface area contributed by atoms with E-state index in [2.05, 4.69) is 47.6 Å². The third kappa shape index (κ3) is 2.36. The molecule has 0 aliphatic carbocycles. The van der Waals surface area contributed by atoms with Crippen LogP contribution in [0.4, 0.5) is 0 Å². The maximum atomic E-state index is 5.93. The number of para-hydroxylation sites is 1. The first-order valence-corrected chi connectivity index (χ1v) is 7.75. The molecule has 0 unspecified atom stereocenters. The molecule has 0 bridgehead atoms. The molecule has 1 fully saturated rings. The standard InChI is InChI=1S/C17H25N3/c1-13(2)20-16(12-19-8-3-4-9-19)10-14-6-5-7-15(11-18)17(14)20/h5-7,10,13H,3-4,8-9,11-12,18H2,1-2H3. The largest absolute Gasteiger partial charge is 0.341 e. The van der Waals surface area contributed by atoms with Crippen molar-refractivity contribution in [2.24, 2.45) is 5.73 Å². The van der Waals surface area contributed by atoms with Gasteiger partial charge >= 0.3 is 0 Å². The van der Waals surface area contributed by atoms with Crippen molar-refractivity contribution < 1.29 is 0 Å². The van der Waals surface area contributed by atoms with Gasteiger partial charge in [0.15, 0.2) is 0 Å². The number of nitrogens with two attached hydrogens (primary N) is 1. The molecule has 3 nitrogen and oxygen atoms in total. The zero-order valence-electron chi connectivity index (χ0n) is 12.6. The topological polar surface area (TPSA) is 34.2 Å². The van der Waals surface area contributed by atoms with Crippen LogP contribution in [-0.2, 0) is 13.1 Å². The summed E-state index contributed by atoms with van der Waals surface area (Å²) in [6, 6.07) is 9.31. The van der Waals surface area contributed by atoms with Crippen molar-refractivity contribution in [2.75, 3.05) is 13.1 Å². The normalized spacial score (nSPS) is 16.6. The molecule has 1 aliphatic heterocycles. The predicted molar refractivity (Wildman–Crippen MR) is 84.7 cm³/mol. The van der Waals surface area contributed by atoms with Crippen LogP contribution in [0.5, 0.6) is 0 Å². The highest BCUT2D eigenvalue weighted by atomic mass is 15.2. The Labute approximate surface area is 121 Å². The molecule has 0 saturated carbocycles. The van der Waals surface area contributed by atoms with Gasteiger partial charge in [-0.05, 0) is 51.4 Å². The van der Waals surface area contributed by atoms with Crippen LogP contribution in [0.25, 0.3) is 10.9 Å². The van der Waals surface area contributed by atoms with Gasteiger partial charge in [-0.25, -0.2) is 0 Å². The third-order valence-electron chi connectivity index (χ3n) is 4.34. The summed E-state index contributed by atoms with van der Waals surface area (Å²) in [6.07, 6.45) is 2.69. The number of aromatic nitrogens is 1. The van der Waals surface area contributed by atoms with E-state index in [1.54, 1.807) is 0 Å². The van der Waals surface area contributed by atoms with Crippen molar-refractivity contribution in [3.05, 3.63) is 35.5 Å². The van der Waals surface area contributed by atoms with Crippen molar-refractivity contribution in [3.8, 4) is 0 Å². The lowest BCUT2D eigenvalue weighted by molar-refractivity contribution is 0.319. The fraction of sp³-hybridized carbons (Fsp3) is 0.529. The number of rotatable bonds is 4. The Morgan fingerprint density at radius 3 is 2.60 bits per heavy atom. The number of hydrogen-bond donors (Lipinski definition) is 1. The van der Waals surface area contributed by atoms with Crippen LogP contribution in [0.3, 0.4) is 0 Å². The van der Waals surface area contributed by atoms with Gasteiger partial charge in [-0.2, -0.15) is 0 Å². The highest BCUT2D eigenvalue weighted by Crippen LogP contribution is 2.28. The predicted octanol–water partition coefficient (Wildman–Crippen LogP) is 3.28. The summed E-state index contributed by atoms with van der Waals surface area (Å²) in [5.41, 5.74) is 9.95. The third-order valence-corrected chi connectivity index (χ3v) is 4.34. The van der Waals surface area contributed by atoms with Crippen LogP contribution in [-0.4, -0.2) is 22.6 Å². The molecule has 2 heterocycles. The molecule has 1 aliphatic rings. The molecule has 0 radical (unpaired) electrons. The molecule has 20 heavy (non-hydrogen) atoms. The molecular formula is C17H25N3. The molecule has 3 rings (SSSR count). The molecule has 0 amide bonds. The summed E-state index contributed by atoms with van der Waals surface area (Å²) in [5.74, 6) is 0. The van der Waals surface area contributed by atoms with Crippen LogP contribution in [0, 0.1) is 0 Å². The number of benzene rings is 1. The first-order chi connectivity index (χ1) is 9.70. The van der Waals surface area contributed by atoms with Crippen LogP contribution < -0.4 is 5.73 Å². The highest BCUT2D eigenvalue weighted by Gasteiger charge is 2.18. The van der Waals surface area contributed by atoms with Gasteiger partial charge in [-0.3, -0.25) is 4.90 Å². The fourth-order valence-corrected chi connectivity index (χ4v) is 3.46. The summed E-state index contributed by atoms with van der Waals surface area (Å²) >= 11 is 0. The van der Waals surface area contributed by atoms with Gasteiger partial charge in [0.05, 0.1) is 5.52 Å². The van der Waals surface area contributed by atoms with Gasteiger partial charge in [0.2, 0.25) is 0 Å². The van der Waals surface area contributed by atoms with E-state index in [1.807, 2.05) is 0 Å². The van der Waals surface area contributed by atoms with Gasteiger partial charge in [0.25, 0.3) is 0 Å². The summed E-state index contributed by atoms with van der Waals surface area (Å²) in [5, 5.41) is 1.33. The Balaban J connectivity index is 2.08. The van der Waals surface area contributed by atoms with Crippen LogP contribution in [0.15, 0.2) is 24.3 Å². The van der Waals surface area contributed by atoms with E-state index in [1.165, 1.54) is 48.1 Å². The van der Waals surface area contributed by atoms with E-state index in [0.717, 1.165) is 6.54 Å². The molecular weight excluding hydrogens is 246 g/mol. The number of likely N-dealkylation sites (tertiary alicyclic amines) is 1. The maximum Gasteiger partial charge on any atom is 0.0530 e. The minimum absolute atomic E-state index is 0.470. The number of nitrogens with zero attached hydrogens (tertiary/aromatic N) is 2. The van der Waals surface area contributed by atoms with Crippen molar-refractivity contribution in [2.45, 2.75) is 45.8 Å². The SMILES string of the molecule is CC(C)n1c(CN2CCCC2)cc2cccc(CN)c21. The van der Waals surface area contributed by atoms with Gasteiger partial charge < -0.3 is 10.3 Å². The van der Waals surface area contributed by atoms with E-state index >= 15 is 0 Å². The molecule has 1 saturated heterocycles. The minimum Gasteiger partial charge on any atom is -0.341 e. The van der Waals surface area contributed by atoms with E-state index in [4.69, 9.17) is 5.73 Å². The zero-order valence-corrected chi connectivity index (χ0v) is 12.6. The summed E-state index contributed by atoms with van der Waals surface area (Å²) < 4.78 is 2.48. The fourth-order valence-electron chi connectivity index (χ4n) is 3.46. The molecule has 0 spiro atoms. The highest BCUT2D eigenvalue weighted by molar-refractivity contribution is 5.84. The molecule has 1 aromatic carbocycles. The number of hydrogen-bond acceptors (Lipinski definition) is 2. The van der Waals surface area contributed by atoms with E-state index in [-0.39, 0.29) is 0 Å². The van der Waals surface area contributed by atoms with Crippen molar-refractivity contribution in [1.82, 2.24) is 9.47 Å². The average Bonchev–Trinajstić information content (AvgIpc) is 3.05. The van der Waals surface area contributed by atoms with Crippen molar-refractivity contribution in [1.29, 1.82) is 0 Å². The van der Waals surface area contributed by atoms with E-state index in [9.17, 15) is 0 Å². The summed E-state index contributed by atoms with van der Waals surface area (Å²) in [6.45, 7) is 8.68. The molecule has 1 aromatic heterocycles.